The molecular weight excluding hydrogens is 300 g/mol. The zero-order chi connectivity index (χ0) is 16.7. The van der Waals surface area contributed by atoms with E-state index in [2.05, 4.69) is 6.07 Å². The highest BCUT2D eigenvalue weighted by atomic mass is 16.3. The van der Waals surface area contributed by atoms with Crippen LogP contribution in [0.25, 0.3) is 33.1 Å². The quantitative estimate of drug-likeness (QED) is 0.424. The summed E-state index contributed by atoms with van der Waals surface area (Å²) in [5.41, 5.74) is 8.90. The lowest BCUT2D eigenvalue weighted by atomic mass is 9.96. The van der Waals surface area contributed by atoms with Crippen molar-refractivity contribution in [2.45, 2.75) is 0 Å². The second kappa shape index (κ2) is 5.25. The Kier molecular flexibility index (Phi) is 3.07. The number of anilines is 1. The molecule has 0 spiro atoms. The lowest BCUT2D eigenvalue weighted by Crippen LogP contribution is -2.05. The minimum atomic E-state index is -0.166. The van der Waals surface area contributed by atoms with Crippen molar-refractivity contribution in [2.75, 3.05) is 5.73 Å². The summed E-state index contributed by atoms with van der Waals surface area (Å²) >= 11 is 0. The highest BCUT2D eigenvalue weighted by Gasteiger charge is 2.18. The van der Waals surface area contributed by atoms with Gasteiger partial charge in [0.2, 0.25) is 5.43 Å². The van der Waals surface area contributed by atoms with Gasteiger partial charge < -0.3 is 10.2 Å². The molecule has 2 N–H and O–H groups in total. The van der Waals surface area contributed by atoms with E-state index in [4.69, 9.17) is 10.2 Å². The number of nitriles is 1. The zero-order valence-corrected chi connectivity index (χ0v) is 12.6. The number of nitrogens with two attached hydrogens (primary N) is 1. The van der Waals surface area contributed by atoms with Crippen LogP contribution in [0.1, 0.15) is 5.56 Å². The Balaban J connectivity index is 2.27. The average molecular weight is 312 g/mol. The van der Waals surface area contributed by atoms with Crippen LogP contribution in [0, 0.1) is 11.3 Å². The third-order valence-electron chi connectivity index (χ3n) is 4.09. The van der Waals surface area contributed by atoms with Gasteiger partial charge in [-0.3, -0.25) is 4.79 Å². The Morgan fingerprint density at radius 3 is 2.42 bits per heavy atom. The van der Waals surface area contributed by atoms with Crippen LogP contribution in [0.3, 0.4) is 0 Å². The van der Waals surface area contributed by atoms with Crippen molar-refractivity contribution in [2.24, 2.45) is 0 Å². The van der Waals surface area contributed by atoms with Gasteiger partial charge in [-0.2, -0.15) is 5.26 Å². The summed E-state index contributed by atoms with van der Waals surface area (Å²) in [5, 5.41) is 10.2. The fourth-order valence-electron chi connectivity index (χ4n) is 2.94. The molecule has 0 bridgehead atoms. The molecular formula is C20H12N2O2. The maximum Gasteiger partial charge on any atom is 0.200 e. The normalized spacial score (nSPS) is 10.8. The predicted molar refractivity (Wildman–Crippen MR) is 94.6 cm³/mol. The number of rotatable bonds is 1. The topological polar surface area (TPSA) is 80.0 Å². The maximum atomic E-state index is 12.8. The fraction of sp³-hybridized carbons (Fsp3) is 0. The molecule has 1 heterocycles. The first-order valence-corrected chi connectivity index (χ1v) is 7.44. The molecule has 114 valence electrons. The van der Waals surface area contributed by atoms with Crippen molar-refractivity contribution in [1.82, 2.24) is 0 Å². The number of benzene rings is 3. The van der Waals surface area contributed by atoms with Gasteiger partial charge in [0.05, 0.1) is 22.0 Å². The molecule has 0 atom stereocenters. The molecule has 0 radical (unpaired) electrons. The predicted octanol–water partition coefficient (Wildman–Crippen LogP) is 4.07. The van der Waals surface area contributed by atoms with Crippen LogP contribution < -0.4 is 11.2 Å². The van der Waals surface area contributed by atoms with Crippen molar-refractivity contribution in [3.63, 3.8) is 0 Å². The first kappa shape index (κ1) is 14.0. The molecule has 0 saturated carbocycles. The van der Waals surface area contributed by atoms with Crippen LogP contribution in [-0.4, -0.2) is 0 Å². The van der Waals surface area contributed by atoms with E-state index in [0.29, 0.717) is 33.2 Å². The Bertz CT molecular complexity index is 1190. The van der Waals surface area contributed by atoms with E-state index in [0.717, 1.165) is 5.56 Å². The van der Waals surface area contributed by atoms with E-state index in [1.807, 2.05) is 36.4 Å². The van der Waals surface area contributed by atoms with Crippen molar-refractivity contribution >= 4 is 27.6 Å². The molecule has 24 heavy (non-hydrogen) atoms. The van der Waals surface area contributed by atoms with E-state index in [-0.39, 0.29) is 11.0 Å². The summed E-state index contributed by atoms with van der Waals surface area (Å²) in [6.45, 7) is 0. The van der Waals surface area contributed by atoms with E-state index < -0.39 is 0 Å². The van der Waals surface area contributed by atoms with Crippen LogP contribution in [0.15, 0.2) is 69.9 Å². The van der Waals surface area contributed by atoms with Gasteiger partial charge >= 0.3 is 0 Å². The first-order valence-electron chi connectivity index (χ1n) is 7.44. The Morgan fingerprint density at radius 2 is 1.67 bits per heavy atom. The molecule has 3 aromatic carbocycles. The maximum absolute atomic E-state index is 12.8. The SMILES string of the molecule is N#Cc1cc2c(=O)c3ccccc3oc2c(-c2ccccc2)c1N. The molecule has 1 aromatic heterocycles. The van der Waals surface area contributed by atoms with Crippen molar-refractivity contribution < 1.29 is 4.42 Å². The van der Waals surface area contributed by atoms with Gasteiger partial charge in [-0.1, -0.05) is 42.5 Å². The number of nitrogen functional groups attached to an aromatic ring is 1. The van der Waals surface area contributed by atoms with Crippen LogP contribution >= 0.6 is 0 Å². The molecule has 4 heteroatoms. The van der Waals surface area contributed by atoms with Gasteiger partial charge in [0, 0.05) is 5.56 Å². The van der Waals surface area contributed by atoms with Crippen LogP contribution in [-0.2, 0) is 0 Å². The van der Waals surface area contributed by atoms with E-state index in [9.17, 15) is 10.1 Å². The molecule has 0 unspecified atom stereocenters. The molecule has 0 aliphatic carbocycles. The van der Waals surface area contributed by atoms with Gasteiger partial charge in [-0.25, -0.2) is 0 Å². The van der Waals surface area contributed by atoms with Crippen molar-refractivity contribution in [3.05, 3.63) is 76.5 Å². The molecule has 0 saturated heterocycles. The summed E-state index contributed by atoms with van der Waals surface area (Å²) in [4.78, 5) is 12.8. The average Bonchev–Trinajstić information content (AvgIpc) is 2.62. The van der Waals surface area contributed by atoms with Gasteiger partial charge in [0.15, 0.2) is 0 Å². The van der Waals surface area contributed by atoms with Crippen LogP contribution in [0.5, 0.6) is 0 Å². The van der Waals surface area contributed by atoms with E-state index in [1.54, 1.807) is 18.2 Å². The molecule has 0 aliphatic rings. The number of hydrogen-bond donors (Lipinski definition) is 1. The first-order chi connectivity index (χ1) is 11.7. The fourth-order valence-corrected chi connectivity index (χ4v) is 2.94. The highest BCUT2D eigenvalue weighted by Crippen LogP contribution is 2.36. The molecule has 4 rings (SSSR count). The van der Waals surface area contributed by atoms with Crippen LogP contribution in [0.2, 0.25) is 0 Å². The summed E-state index contributed by atoms with van der Waals surface area (Å²) in [6, 6.07) is 20.0. The second-order valence-electron chi connectivity index (χ2n) is 5.49. The molecule has 4 nitrogen and oxygen atoms in total. The third kappa shape index (κ3) is 1.96. The summed E-state index contributed by atoms with van der Waals surface area (Å²) in [5.74, 6) is 0. The minimum Gasteiger partial charge on any atom is -0.455 e. The third-order valence-corrected chi connectivity index (χ3v) is 4.09. The van der Waals surface area contributed by atoms with Gasteiger partial charge in [-0.05, 0) is 23.8 Å². The molecule has 0 fully saturated rings. The number of fused-ring (bicyclic) bond motifs is 2. The Morgan fingerprint density at radius 1 is 0.958 bits per heavy atom. The summed E-state index contributed by atoms with van der Waals surface area (Å²) in [7, 11) is 0. The summed E-state index contributed by atoms with van der Waals surface area (Å²) < 4.78 is 6.00. The smallest absolute Gasteiger partial charge is 0.200 e. The zero-order valence-electron chi connectivity index (χ0n) is 12.6. The Hall–Kier alpha value is -3.58. The lowest BCUT2D eigenvalue weighted by molar-refractivity contribution is 0.661. The standard InChI is InChI=1S/C20H12N2O2/c21-11-13-10-15-19(23)14-8-4-5-9-16(14)24-20(15)17(18(13)22)12-6-2-1-3-7-12/h1-10H,22H2. The molecule has 0 amide bonds. The summed E-state index contributed by atoms with van der Waals surface area (Å²) in [6.07, 6.45) is 0. The van der Waals surface area contributed by atoms with Gasteiger partial charge in [0.25, 0.3) is 0 Å². The number of para-hydroxylation sites is 1. The van der Waals surface area contributed by atoms with E-state index in [1.165, 1.54) is 6.07 Å². The van der Waals surface area contributed by atoms with E-state index >= 15 is 0 Å². The highest BCUT2D eigenvalue weighted by molar-refractivity contribution is 6.03. The van der Waals surface area contributed by atoms with Crippen molar-refractivity contribution in [3.8, 4) is 17.2 Å². The lowest BCUT2D eigenvalue weighted by Gasteiger charge is -2.11. The second-order valence-corrected chi connectivity index (χ2v) is 5.49. The van der Waals surface area contributed by atoms with Gasteiger partial charge in [-0.15, -0.1) is 0 Å². The van der Waals surface area contributed by atoms with Gasteiger partial charge in [0.1, 0.15) is 17.2 Å². The monoisotopic (exact) mass is 312 g/mol. The minimum absolute atomic E-state index is 0.166. The molecule has 4 aromatic rings. The largest absolute Gasteiger partial charge is 0.455 e. The molecule has 0 aliphatic heterocycles. The number of hydrogen-bond acceptors (Lipinski definition) is 4. The van der Waals surface area contributed by atoms with Crippen molar-refractivity contribution in [1.29, 1.82) is 5.26 Å². The number of nitrogens with zero attached hydrogens (tertiary/aromatic N) is 1. The van der Waals surface area contributed by atoms with Crippen LogP contribution in [0.4, 0.5) is 5.69 Å². The Labute approximate surface area is 137 Å².